The van der Waals surface area contributed by atoms with Gasteiger partial charge in [0.15, 0.2) is 17.1 Å². The second-order valence-corrected chi connectivity index (χ2v) is 7.82. The molecule has 5 aromatic heterocycles. The van der Waals surface area contributed by atoms with Crippen molar-refractivity contribution in [2.45, 2.75) is 19.3 Å². The lowest BCUT2D eigenvalue weighted by Crippen LogP contribution is -2.28. The van der Waals surface area contributed by atoms with E-state index in [0.29, 0.717) is 28.4 Å². The summed E-state index contributed by atoms with van der Waals surface area (Å²) in [6, 6.07) is 5.33. The van der Waals surface area contributed by atoms with Gasteiger partial charge in [0.05, 0.1) is 22.8 Å². The van der Waals surface area contributed by atoms with Crippen LogP contribution in [0.1, 0.15) is 19.3 Å². The number of imidazole rings is 1. The zero-order valence-electron chi connectivity index (χ0n) is 16.8. The van der Waals surface area contributed by atoms with Gasteiger partial charge in [0, 0.05) is 35.6 Å². The van der Waals surface area contributed by atoms with Crippen LogP contribution in [0.5, 0.6) is 0 Å². The molecule has 6 rings (SSSR count). The third-order valence-corrected chi connectivity index (χ3v) is 5.81. The quantitative estimate of drug-likeness (QED) is 0.399. The molecule has 0 atom stereocenters. The van der Waals surface area contributed by atoms with Gasteiger partial charge in [-0.15, -0.1) is 0 Å². The fourth-order valence-corrected chi connectivity index (χ4v) is 3.86. The van der Waals surface area contributed by atoms with Crippen molar-refractivity contribution in [2.24, 2.45) is 5.92 Å². The highest BCUT2D eigenvalue weighted by Crippen LogP contribution is 2.33. The highest BCUT2D eigenvalue weighted by atomic mass is 19.1. The van der Waals surface area contributed by atoms with Crippen LogP contribution in [0, 0.1) is 11.7 Å². The van der Waals surface area contributed by atoms with E-state index in [1.807, 2.05) is 6.07 Å². The molecule has 0 aromatic carbocycles. The van der Waals surface area contributed by atoms with Crippen molar-refractivity contribution in [3.05, 3.63) is 48.8 Å². The molecule has 1 aliphatic rings. The van der Waals surface area contributed by atoms with E-state index in [1.54, 1.807) is 24.5 Å². The number of aromatic nitrogens is 7. The standard InChI is InChI=1S/C22H17FN8O/c23-17-14(12-7-13(9-24-8-12)27-22(32)11-3-1-4-11)10-26-20-16(17)18(30-31-20)21-28-15-5-2-6-25-19(15)29-21/h2,5-11H,1,3-4H2,(H,27,32)(H,25,28,29)(H,26,30,31). The Morgan fingerprint density at radius 3 is 2.88 bits per heavy atom. The number of rotatable bonds is 4. The average Bonchev–Trinajstić information content (AvgIpc) is 3.37. The number of aromatic amines is 2. The molecule has 0 bridgehead atoms. The van der Waals surface area contributed by atoms with Gasteiger partial charge in [-0.05, 0) is 31.0 Å². The normalized spacial score (nSPS) is 14.0. The number of halogens is 1. The van der Waals surface area contributed by atoms with Crippen LogP contribution in [0.4, 0.5) is 10.1 Å². The first-order valence-electron chi connectivity index (χ1n) is 10.3. The summed E-state index contributed by atoms with van der Waals surface area (Å²) in [5, 5.41) is 10.0. The number of carbonyl (C=O) groups excluding carboxylic acids is 1. The van der Waals surface area contributed by atoms with E-state index in [0.717, 1.165) is 24.8 Å². The molecule has 32 heavy (non-hydrogen) atoms. The first kappa shape index (κ1) is 18.6. The third kappa shape index (κ3) is 2.99. The zero-order chi connectivity index (χ0) is 21.7. The monoisotopic (exact) mass is 428 g/mol. The maximum Gasteiger partial charge on any atom is 0.227 e. The molecule has 10 heteroatoms. The maximum absolute atomic E-state index is 15.7. The Hall–Kier alpha value is -4.21. The fourth-order valence-electron chi connectivity index (χ4n) is 3.86. The zero-order valence-corrected chi connectivity index (χ0v) is 16.8. The van der Waals surface area contributed by atoms with E-state index in [1.165, 1.54) is 12.4 Å². The summed E-state index contributed by atoms with van der Waals surface area (Å²) in [6.07, 6.45) is 9.01. The highest BCUT2D eigenvalue weighted by molar-refractivity contribution is 5.95. The van der Waals surface area contributed by atoms with Crippen molar-refractivity contribution in [2.75, 3.05) is 5.32 Å². The molecule has 1 saturated carbocycles. The molecule has 3 N–H and O–H groups in total. The van der Waals surface area contributed by atoms with Crippen LogP contribution in [0.2, 0.25) is 0 Å². The molecule has 9 nitrogen and oxygen atoms in total. The summed E-state index contributed by atoms with van der Waals surface area (Å²) in [4.78, 5) is 32.5. The molecule has 0 radical (unpaired) electrons. The molecule has 1 aliphatic carbocycles. The minimum absolute atomic E-state index is 0.0279. The lowest BCUT2D eigenvalue weighted by Gasteiger charge is -2.24. The van der Waals surface area contributed by atoms with Gasteiger partial charge in [-0.1, -0.05) is 6.42 Å². The highest BCUT2D eigenvalue weighted by Gasteiger charge is 2.25. The Kier molecular flexibility index (Phi) is 4.17. The summed E-state index contributed by atoms with van der Waals surface area (Å²) in [7, 11) is 0. The SMILES string of the molecule is O=C(Nc1cncc(-c2cnc3n[nH]c(-c4nc5ncccc5[nH]4)c3c2F)c1)C1CCC1. The van der Waals surface area contributed by atoms with Gasteiger partial charge in [0.25, 0.3) is 0 Å². The molecular weight excluding hydrogens is 411 g/mol. The Morgan fingerprint density at radius 2 is 2.06 bits per heavy atom. The second kappa shape index (κ2) is 7.19. The Labute approximate surface area is 180 Å². The third-order valence-electron chi connectivity index (χ3n) is 5.81. The molecule has 5 aromatic rings. The van der Waals surface area contributed by atoms with Crippen LogP contribution in [0.15, 0.2) is 43.0 Å². The molecule has 5 heterocycles. The molecule has 158 valence electrons. The minimum atomic E-state index is -0.503. The van der Waals surface area contributed by atoms with Gasteiger partial charge < -0.3 is 10.3 Å². The summed E-state index contributed by atoms with van der Waals surface area (Å²) in [5.41, 5.74) is 3.14. The molecule has 1 amide bonds. The van der Waals surface area contributed by atoms with Crippen molar-refractivity contribution >= 4 is 33.8 Å². The van der Waals surface area contributed by atoms with Crippen LogP contribution >= 0.6 is 0 Å². The van der Waals surface area contributed by atoms with Crippen molar-refractivity contribution in [3.63, 3.8) is 0 Å². The van der Waals surface area contributed by atoms with Crippen LogP contribution in [0.3, 0.4) is 0 Å². The maximum atomic E-state index is 15.7. The van der Waals surface area contributed by atoms with E-state index < -0.39 is 5.82 Å². The Morgan fingerprint density at radius 1 is 1.16 bits per heavy atom. The second-order valence-electron chi connectivity index (χ2n) is 7.82. The van der Waals surface area contributed by atoms with Crippen molar-refractivity contribution in [1.82, 2.24) is 35.1 Å². The number of H-pyrrole nitrogens is 2. The molecule has 0 spiro atoms. The molecule has 1 fully saturated rings. The van der Waals surface area contributed by atoms with Crippen LogP contribution in [-0.2, 0) is 4.79 Å². The lowest BCUT2D eigenvalue weighted by atomic mass is 9.85. The van der Waals surface area contributed by atoms with Gasteiger partial charge in [0.1, 0.15) is 11.5 Å². The van der Waals surface area contributed by atoms with Gasteiger partial charge in [-0.25, -0.2) is 19.3 Å². The first-order chi connectivity index (χ1) is 15.7. The van der Waals surface area contributed by atoms with Gasteiger partial charge in [-0.3, -0.25) is 14.9 Å². The first-order valence-corrected chi connectivity index (χ1v) is 10.3. The number of anilines is 1. The molecule has 0 aliphatic heterocycles. The number of hydrogen-bond donors (Lipinski definition) is 3. The van der Waals surface area contributed by atoms with E-state index in [2.05, 4.69) is 40.4 Å². The van der Waals surface area contributed by atoms with E-state index in [9.17, 15) is 4.79 Å². The number of nitrogens with one attached hydrogen (secondary N) is 3. The van der Waals surface area contributed by atoms with E-state index >= 15 is 4.39 Å². The summed E-state index contributed by atoms with van der Waals surface area (Å²) >= 11 is 0. The predicted molar refractivity (Wildman–Crippen MR) is 116 cm³/mol. The number of hydrogen-bond acceptors (Lipinski definition) is 6. The van der Waals surface area contributed by atoms with E-state index in [4.69, 9.17) is 0 Å². The molecular formula is C22H17FN8O. The molecule has 0 unspecified atom stereocenters. The van der Waals surface area contributed by atoms with Gasteiger partial charge >= 0.3 is 0 Å². The smallest absolute Gasteiger partial charge is 0.227 e. The number of carbonyl (C=O) groups is 1. The van der Waals surface area contributed by atoms with Crippen LogP contribution < -0.4 is 5.32 Å². The van der Waals surface area contributed by atoms with Gasteiger partial charge in [-0.2, -0.15) is 5.10 Å². The largest absolute Gasteiger partial charge is 0.335 e. The Balaban J connectivity index is 1.41. The fraction of sp³-hybridized carbons (Fsp3) is 0.182. The number of amides is 1. The van der Waals surface area contributed by atoms with Crippen molar-refractivity contribution in [3.8, 4) is 22.6 Å². The number of pyridine rings is 3. The summed E-state index contributed by atoms with van der Waals surface area (Å²) < 4.78 is 15.7. The van der Waals surface area contributed by atoms with Crippen molar-refractivity contribution in [1.29, 1.82) is 0 Å². The van der Waals surface area contributed by atoms with Gasteiger partial charge in [0.2, 0.25) is 5.91 Å². The summed E-state index contributed by atoms with van der Waals surface area (Å²) in [6.45, 7) is 0. The average molecular weight is 428 g/mol. The number of nitrogens with zero attached hydrogens (tertiary/aromatic N) is 5. The number of fused-ring (bicyclic) bond motifs is 2. The predicted octanol–water partition coefficient (Wildman–Crippen LogP) is 3.84. The minimum Gasteiger partial charge on any atom is -0.335 e. The molecule has 0 saturated heterocycles. The van der Waals surface area contributed by atoms with E-state index in [-0.39, 0.29) is 28.4 Å². The van der Waals surface area contributed by atoms with Crippen LogP contribution in [-0.4, -0.2) is 41.0 Å². The Bertz CT molecular complexity index is 1450. The summed E-state index contributed by atoms with van der Waals surface area (Å²) in [5.74, 6) is -0.0739. The lowest BCUT2D eigenvalue weighted by molar-refractivity contribution is -0.122. The topological polar surface area (TPSA) is 125 Å². The van der Waals surface area contributed by atoms with Crippen molar-refractivity contribution < 1.29 is 9.18 Å². The van der Waals surface area contributed by atoms with Crippen LogP contribution in [0.25, 0.3) is 44.8 Å².